The Kier molecular flexibility index (Phi) is 9.10. The average molecular weight is 526 g/mol. The summed E-state index contributed by atoms with van der Waals surface area (Å²) in [5.41, 5.74) is 8.47. The second-order valence-electron chi connectivity index (χ2n) is 8.61. The molecule has 0 spiro atoms. The van der Waals surface area contributed by atoms with Gasteiger partial charge in [-0.15, -0.1) is 12.6 Å². The van der Waals surface area contributed by atoms with E-state index < -0.39 is 11.6 Å². The molecule has 1 saturated heterocycles. The molecule has 0 amide bonds. The molecule has 4 aromatic rings. The van der Waals surface area contributed by atoms with Crippen molar-refractivity contribution in [1.82, 2.24) is 14.9 Å². The van der Waals surface area contributed by atoms with Gasteiger partial charge in [0.05, 0.1) is 24.4 Å². The van der Waals surface area contributed by atoms with Crippen LogP contribution in [0.15, 0.2) is 70.5 Å². The first-order valence-corrected chi connectivity index (χ1v) is 12.4. The molecule has 37 heavy (non-hydrogen) atoms. The van der Waals surface area contributed by atoms with E-state index in [1.165, 1.54) is 6.07 Å². The quantitative estimate of drug-likeness (QED) is 0.218. The van der Waals surface area contributed by atoms with Crippen LogP contribution in [-0.2, 0) is 4.74 Å². The summed E-state index contributed by atoms with van der Waals surface area (Å²) in [6, 6.07) is 15.0. The van der Waals surface area contributed by atoms with E-state index in [-0.39, 0.29) is 16.1 Å². The maximum absolute atomic E-state index is 12.3. The molecule has 2 aromatic carbocycles. The second-order valence-corrected chi connectivity index (χ2v) is 9.09. The van der Waals surface area contributed by atoms with Crippen molar-refractivity contribution in [3.05, 3.63) is 82.8 Å². The highest BCUT2D eigenvalue weighted by Gasteiger charge is 2.09. The van der Waals surface area contributed by atoms with Crippen LogP contribution in [0, 0.1) is 11.6 Å². The summed E-state index contributed by atoms with van der Waals surface area (Å²) in [4.78, 5) is 21.4. The van der Waals surface area contributed by atoms with Crippen molar-refractivity contribution >= 4 is 35.0 Å². The highest BCUT2D eigenvalue weighted by Crippen LogP contribution is 2.24. The molecular weight excluding hydrogens is 496 g/mol. The van der Waals surface area contributed by atoms with Crippen LogP contribution in [0.5, 0.6) is 0 Å². The Morgan fingerprint density at radius 2 is 1.86 bits per heavy atom. The van der Waals surface area contributed by atoms with Crippen LogP contribution in [0.2, 0.25) is 0 Å². The van der Waals surface area contributed by atoms with E-state index in [4.69, 9.17) is 15.5 Å². The Morgan fingerprint density at radius 1 is 1.05 bits per heavy atom. The van der Waals surface area contributed by atoms with Gasteiger partial charge in [0.1, 0.15) is 17.5 Å². The third kappa shape index (κ3) is 7.51. The van der Waals surface area contributed by atoms with Gasteiger partial charge in [-0.2, -0.15) is 0 Å². The number of fused-ring (bicyclic) bond motifs is 1. The number of H-pyrrole nitrogens is 1. The lowest BCUT2D eigenvalue weighted by Crippen LogP contribution is -2.37. The normalized spacial score (nSPS) is 13.7. The topological polar surface area (TPSA) is 96.3 Å². The second kappa shape index (κ2) is 12.7. The van der Waals surface area contributed by atoms with Gasteiger partial charge < -0.3 is 20.8 Å². The van der Waals surface area contributed by atoms with Gasteiger partial charge in [0.25, 0.3) is 5.56 Å². The molecule has 0 aliphatic carbocycles. The fourth-order valence-electron chi connectivity index (χ4n) is 3.90. The minimum absolute atomic E-state index is 0.163. The molecule has 0 unspecified atom stereocenters. The minimum Gasteiger partial charge on any atom is -0.394 e. The van der Waals surface area contributed by atoms with Crippen molar-refractivity contribution in [2.45, 2.75) is 11.3 Å². The number of halogens is 2. The molecule has 194 valence electrons. The zero-order chi connectivity index (χ0) is 26.2. The molecule has 5 rings (SSSR count). The summed E-state index contributed by atoms with van der Waals surface area (Å²) in [6.45, 7) is 5.70. The maximum Gasteiger partial charge on any atom is 0.271 e. The number of benzene rings is 2. The molecule has 10 heteroatoms. The van der Waals surface area contributed by atoms with Gasteiger partial charge in [-0.25, -0.2) is 13.8 Å². The number of ether oxygens (including phenoxy) is 1. The van der Waals surface area contributed by atoms with E-state index in [0.29, 0.717) is 0 Å². The molecule has 3 heterocycles. The number of hydrogen-bond donors (Lipinski definition) is 4. The van der Waals surface area contributed by atoms with Gasteiger partial charge in [0.2, 0.25) is 0 Å². The fraction of sp³-hybridized carbons (Fsp3) is 0.259. The van der Waals surface area contributed by atoms with Crippen LogP contribution in [-0.4, -0.2) is 54.3 Å². The van der Waals surface area contributed by atoms with E-state index in [2.05, 4.69) is 40.0 Å². The van der Waals surface area contributed by atoms with Gasteiger partial charge in [0, 0.05) is 47.7 Å². The van der Waals surface area contributed by atoms with E-state index in [1.54, 1.807) is 12.3 Å². The first-order valence-electron chi connectivity index (χ1n) is 12.0. The first kappa shape index (κ1) is 26.6. The predicted octanol–water partition coefficient (Wildman–Crippen LogP) is 4.56. The number of rotatable bonds is 6. The summed E-state index contributed by atoms with van der Waals surface area (Å²) in [6.07, 6.45) is 2.75. The van der Waals surface area contributed by atoms with Gasteiger partial charge >= 0.3 is 0 Å². The van der Waals surface area contributed by atoms with Crippen LogP contribution in [0.25, 0.3) is 22.0 Å². The largest absolute Gasteiger partial charge is 0.394 e. The Hall–Kier alpha value is -3.47. The van der Waals surface area contributed by atoms with E-state index in [9.17, 15) is 13.6 Å². The van der Waals surface area contributed by atoms with Gasteiger partial charge in [-0.3, -0.25) is 9.69 Å². The number of nitrogens with zero attached hydrogens (tertiary/aromatic N) is 2. The SMILES string of the molecule is Fc1ccc(S)c(F)c1.Nc1cc(-c2ccc3nc(NCCCN4CCOCC4)ccc3c2)c[nH]c1=O. The number of aromatic amines is 1. The summed E-state index contributed by atoms with van der Waals surface area (Å²) < 4.78 is 29.7. The van der Waals surface area contributed by atoms with Gasteiger partial charge in [0.15, 0.2) is 0 Å². The molecular formula is C27H29F2N5O2S. The lowest BCUT2D eigenvalue weighted by Gasteiger charge is -2.26. The van der Waals surface area contributed by atoms with Crippen molar-refractivity contribution in [3.8, 4) is 11.1 Å². The number of thiol groups is 1. The summed E-state index contributed by atoms with van der Waals surface area (Å²) in [7, 11) is 0. The third-order valence-corrected chi connectivity index (χ3v) is 6.29. The lowest BCUT2D eigenvalue weighted by atomic mass is 10.0. The van der Waals surface area contributed by atoms with Crippen LogP contribution in [0.1, 0.15) is 6.42 Å². The fourth-order valence-corrected chi connectivity index (χ4v) is 4.04. The molecule has 0 atom stereocenters. The van der Waals surface area contributed by atoms with Gasteiger partial charge in [-0.05, 0) is 61.0 Å². The minimum atomic E-state index is -0.627. The van der Waals surface area contributed by atoms with Crippen molar-refractivity contribution < 1.29 is 13.5 Å². The van der Waals surface area contributed by atoms with Crippen molar-refractivity contribution in [2.75, 3.05) is 50.4 Å². The van der Waals surface area contributed by atoms with Crippen LogP contribution >= 0.6 is 12.6 Å². The summed E-state index contributed by atoms with van der Waals surface area (Å²) in [5, 5.41) is 4.45. The van der Waals surface area contributed by atoms with Crippen molar-refractivity contribution in [3.63, 3.8) is 0 Å². The van der Waals surface area contributed by atoms with E-state index >= 15 is 0 Å². The Bertz CT molecular complexity index is 1410. The molecule has 4 N–H and O–H groups in total. The molecule has 1 aliphatic heterocycles. The van der Waals surface area contributed by atoms with E-state index in [0.717, 1.165) is 85.8 Å². The molecule has 0 radical (unpaired) electrons. The maximum atomic E-state index is 12.3. The number of nitrogen functional groups attached to an aromatic ring is 1. The third-order valence-electron chi connectivity index (χ3n) is 5.93. The molecule has 1 aliphatic rings. The average Bonchev–Trinajstić information content (AvgIpc) is 2.91. The number of aromatic nitrogens is 2. The number of nitrogens with two attached hydrogens (primary N) is 1. The van der Waals surface area contributed by atoms with Gasteiger partial charge in [-0.1, -0.05) is 6.07 Å². The first-order chi connectivity index (χ1) is 17.9. The molecule has 2 aromatic heterocycles. The van der Waals surface area contributed by atoms with Crippen molar-refractivity contribution in [2.24, 2.45) is 0 Å². The number of morpholine rings is 1. The molecule has 0 bridgehead atoms. The highest BCUT2D eigenvalue weighted by molar-refractivity contribution is 7.80. The lowest BCUT2D eigenvalue weighted by molar-refractivity contribution is 0.0378. The monoisotopic (exact) mass is 525 g/mol. The van der Waals surface area contributed by atoms with Crippen molar-refractivity contribution in [1.29, 1.82) is 0 Å². The van der Waals surface area contributed by atoms with Crippen LogP contribution in [0.3, 0.4) is 0 Å². The standard InChI is InChI=1S/C21H25N5O2.C6H4F2S/c22-18-13-17(14-24-21(18)27)15-2-4-19-16(12-15)3-5-20(25-19)23-6-1-7-26-8-10-28-11-9-26;7-4-1-2-6(9)5(8)3-4/h2-5,12-14H,1,6-11,22H2,(H,23,25)(H,24,27);1-3,9H. The molecule has 7 nitrogen and oxygen atoms in total. The Balaban J connectivity index is 0.000000301. The zero-order valence-corrected chi connectivity index (χ0v) is 21.1. The Labute approximate surface area is 219 Å². The predicted molar refractivity (Wildman–Crippen MR) is 146 cm³/mol. The Morgan fingerprint density at radius 3 is 2.59 bits per heavy atom. The van der Waals surface area contributed by atoms with E-state index in [1.807, 2.05) is 18.2 Å². The summed E-state index contributed by atoms with van der Waals surface area (Å²) >= 11 is 3.70. The number of nitrogens with one attached hydrogen (secondary N) is 2. The molecule has 1 fully saturated rings. The summed E-state index contributed by atoms with van der Waals surface area (Å²) in [5.74, 6) is -0.320. The molecule has 0 saturated carbocycles. The highest BCUT2D eigenvalue weighted by atomic mass is 32.1. The number of hydrogen-bond acceptors (Lipinski definition) is 7. The smallest absolute Gasteiger partial charge is 0.271 e. The van der Waals surface area contributed by atoms with Crippen LogP contribution in [0.4, 0.5) is 20.3 Å². The number of pyridine rings is 2. The van der Waals surface area contributed by atoms with Crippen LogP contribution < -0.4 is 16.6 Å². The zero-order valence-electron chi connectivity index (χ0n) is 20.2. The number of anilines is 2.